The number of piperazine rings is 1. The maximum absolute atomic E-state index is 5.81. The predicted octanol–water partition coefficient (Wildman–Crippen LogP) is 2.28. The first-order valence-corrected chi connectivity index (χ1v) is 11.1. The van der Waals surface area contributed by atoms with E-state index in [0.717, 1.165) is 52.5 Å². The number of hydrogen-bond acceptors (Lipinski definition) is 7. The fourth-order valence-electron chi connectivity index (χ4n) is 2.86. The molecule has 0 aromatic carbocycles. The number of hydrogen-bond donors (Lipinski definition) is 0. The summed E-state index contributed by atoms with van der Waals surface area (Å²) in [6, 6.07) is 0. The monoisotopic (exact) mass is 418 g/mol. The van der Waals surface area contributed by atoms with Gasteiger partial charge in [-0.2, -0.15) is 0 Å². The van der Waals surface area contributed by atoms with Crippen LogP contribution in [0.25, 0.3) is 0 Å². The van der Waals surface area contributed by atoms with Gasteiger partial charge in [0.15, 0.2) is 0 Å². The van der Waals surface area contributed by atoms with Crippen LogP contribution in [0.5, 0.6) is 0 Å². The summed E-state index contributed by atoms with van der Waals surface area (Å²) in [5.74, 6) is 0. The first-order chi connectivity index (χ1) is 13.7. The molecular formula is C22H46N2O5. The van der Waals surface area contributed by atoms with Crippen molar-refractivity contribution in [2.45, 2.75) is 52.7 Å². The molecule has 1 fully saturated rings. The highest BCUT2D eigenvalue weighted by molar-refractivity contribution is 4.72. The Morgan fingerprint density at radius 3 is 1.28 bits per heavy atom. The van der Waals surface area contributed by atoms with E-state index in [-0.39, 0.29) is 11.2 Å². The van der Waals surface area contributed by atoms with Crippen molar-refractivity contribution < 1.29 is 23.7 Å². The Kier molecular flexibility index (Phi) is 13.5. The van der Waals surface area contributed by atoms with Gasteiger partial charge in [-0.25, -0.2) is 0 Å². The van der Waals surface area contributed by atoms with Crippen molar-refractivity contribution >= 4 is 0 Å². The second kappa shape index (κ2) is 14.7. The lowest BCUT2D eigenvalue weighted by atomic mass is 10.2. The van der Waals surface area contributed by atoms with Gasteiger partial charge in [0, 0.05) is 39.3 Å². The topological polar surface area (TPSA) is 52.6 Å². The Morgan fingerprint density at radius 2 is 0.828 bits per heavy atom. The van der Waals surface area contributed by atoms with E-state index in [1.807, 2.05) is 20.8 Å². The van der Waals surface area contributed by atoms with Crippen LogP contribution >= 0.6 is 0 Å². The van der Waals surface area contributed by atoms with Crippen molar-refractivity contribution in [3.05, 3.63) is 0 Å². The third kappa shape index (κ3) is 17.1. The van der Waals surface area contributed by atoms with Crippen LogP contribution in [0.1, 0.15) is 41.5 Å². The number of rotatable bonds is 15. The second-order valence-electron chi connectivity index (χ2n) is 9.44. The van der Waals surface area contributed by atoms with Gasteiger partial charge in [-0.15, -0.1) is 0 Å². The molecule has 0 atom stereocenters. The molecule has 0 aromatic heterocycles. The molecule has 1 saturated heterocycles. The Morgan fingerprint density at radius 1 is 0.483 bits per heavy atom. The van der Waals surface area contributed by atoms with Gasteiger partial charge in [-0.05, 0) is 41.5 Å². The van der Waals surface area contributed by atoms with Gasteiger partial charge in [-0.3, -0.25) is 9.80 Å². The normalized spacial score (nSPS) is 17.2. The lowest BCUT2D eigenvalue weighted by Gasteiger charge is -2.35. The molecule has 0 amide bonds. The predicted molar refractivity (Wildman–Crippen MR) is 117 cm³/mol. The van der Waals surface area contributed by atoms with Gasteiger partial charge in [0.05, 0.1) is 64.1 Å². The fraction of sp³-hybridized carbons (Fsp3) is 1.00. The zero-order valence-corrected chi connectivity index (χ0v) is 19.8. The molecule has 0 spiro atoms. The standard InChI is InChI=1S/C22H46N2O5/c1-21(2,3)28-14-12-24-9-7-23(8-10-24)11-13-25-15-16-26-17-18-27-19-20-29-22(4,5)6/h7-20H2,1-6H3. The Labute approximate surface area is 178 Å². The summed E-state index contributed by atoms with van der Waals surface area (Å²) < 4.78 is 28.1. The average molecular weight is 419 g/mol. The lowest BCUT2D eigenvalue weighted by Crippen LogP contribution is -2.48. The van der Waals surface area contributed by atoms with Crippen molar-refractivity contribution in [3.8, 4) is 0 Å². The molecule has 0 N–H and O–H groups in total. The summed E-state index contributed by atoms with van der Waals surface area (Å²) in [5.41, 5.74) is -0.150. The van der Waals surface area contributed by atoms with E-state index in [9.17, 15) is 0 Å². The maximum Gasteiger partial charge on any atom is 0.0707 e. The molecule has 0 radical (unpaired) electrons. The largest absolute Gasteiger partial charge is 0.378 e. The van der Waals surface area contributed by atoms with Gasteiger partial charge < -0.3 is 23.7 Å². The van der Waals surface area contributed by atoms with Crippen LogP contribution < -0.4 is 0 Å². The minimum absolute atomic E-state index is 0.0447. The van der Waals surface area contributed by atoms with Crippen LogP contribution in [0.3, 0.4) is 0 Å². The van der Waals surface area contributed by atoms with E-state index < -0.39 is 0 Å². The van der Waals surface area contributed by atoms with Crippen LogP contribution in [-0.4, -0.2) is 113 Å². The van der Waals surface area contributed by atoms with E-state index in [1.165, 1.54) is 0 Å². The van der Waals surface area contributed by atoms with Gasteiger partial charge in [0.2, 0.25) is 0 Å². The zero-order chi connectivity index (χ0) is 21.6. The minimum Gasteiger partial charge on any atom is -0.378 e. The third-order valence-corrected chi connectivity index (χ3v) is 4.47. The number of ether oxygens (including phenoxy) is 5. The number of nitrogens with zero attached hydrogens (tertiary/aromatic N) is 2. The first-order valence-electron chi connectivity index (χ1n) is 11.1. The van der Waals surface area contributed by atoms with Gasteiger partial charge in [-0.1, -0.05) is 0 Å². The van der Waals surface area contributed by atoms with Crippen molar-refractivity contribution in [2.24, 2.45) is 0 Å². The molecule has 174 valence electrons. The zero-order valence-electron chi connectivity index (χ0n) is 19.8. The Bertz CT molecular complexity index is 388. The third-order valence-electron chi connectivity index (χ3n) is 4.47. The summed E-state index contributed by atoms with van der Waals surface area (Å²) in [4.78, 5) is 4.95. The van der Waals surface area contributed by atoms with Crippen molar-refractivity contribution in [2.75, 3.05) is 92.1 Å². The van der Waals surface area contributed by atoms with Crippen LogP contribution in [0.4, 0.5) is 0 Å². The van der Waals surface area contributed by atoms with Crippen LogP contribution in [0.2, 0.25) is 0 Å². The van der Waals surface area contributed by atoms with Crippen LogP contribution in [0.15, 0.2) is 0 Å². The van der Waals surface area contributed by atoms with Crippen molar-refractivity contribution in [1.29, 1.82) is 0 Å². The quantitative estimate of drug-likeness (QED) is 0.378. The molecule has 1 rings (SSSR count). The van der Waals surface area contributed by atoms with Crippen molar-refractivity contribution in [1.82, 2.24) is 9.80 Å². The second-order valence-corrected chi connectivity index (χ2v) is 9.44. The van der Waals surface area contributed by atoms with Crippen molar-refractivity contribution in [3.63, 3.8) is 0 Å². The molecule has 7 nitrogen and oxygen atoms in total. The molecule has 0 unspecified atom stereocenters. The molecule has 0 bridgehead atoms. The average Bonchev–Trinajstić information content (AvgIpc) is 2.62. The van der Waals surface area contributed by atoms with Gasteiger partial charge >= 0.3 is 0 Å². The highest BCUT2D eigenvalue weighted by Gasteiger charge is 2.17. The molecule has 0 saturated carbocycles. The summed E-state index contributed by atoms with van der Waals surface area (Å²) in [6.07, 6.45) is 0. The van der Waals surface area contributed by atoms with E-state index in [1.54, 1.807) is 0 Å². The summed E-state index contributed by atoms with van der Waals surface area (Å²) >= 11 is 0. The molecule has 1 heterocycles. The van der Waals surface area contributed by atoms with Crippen LogP contribution in [-0.2, 0) is 23.7 Å². The molecular weight excluding hydrogens is 372 g/mol. The Balaban J connectivity index is 1.83. The SMILES string of the molecule is CC(C)(C)OCCOCCOCCOCCN1CCN(CCOC(C)(C)C)CC1. The summed E-state index contributed by atoms with van der Waals surface area (Å²) in [6.45, 7) is 24.1. The minimum atomic E-state index is -0.105. The highest BCUT2D eigenvalue weighted by atomic mass is 16.6. The molecule has 1 aliphatic rings. The molecule has 7 heteroatoms. The van der Waals surface area contributed by atoms with Crippen LogP contribution in [0, 0.1) is 0 Å². The van der Waals surface area contributed by atoms with Gasteiger partial charge in [0.25, 0.3) is 0 Å². The highest BCUT2D eigenvalue weighted by Crippen LogP contribution is 2.08. The summed E-state index contributed by atoms with van der Waals surface area (Å²) in [5, 5.41) is 0. The van der Waals surface area contributed by atoms with E-state index in [2.05, 4.69) is 30.6 Å². The van der Waals surface area contributed by atoms with E-state index in [0.29, 0.717) is 39.6 Å². The smallest absolute Gasteiger partial charge is 0.0707 e. The van der Waals surface area contributed by atoms with E-state index in [4.69, 9.17) is 23.7 Å². The Hall–Kier alpha value is -0.280. The molecule has 0 aromatic rings. The lowest BCUT2D eigenvalue weighted by molar-refractivity contribution is -0.0454. The fourth-order valence-corrected chi connectivity index (χ4v) is 2.86. The van der Waals surface area contributed by atoms with Gasteiger partial charge in [0.1, 0.15) is 0 Å². The van der Waals surface area contributed by atoms with E-state index >= 15 is 0 Å². The molecule has 0 aliphatic carbocycles. The maximum atomic E-state index is 5.81. The first kappa shape index (κ1) is 26.8. The molecule has 29 heavy (non-hydrogen) atoms. The summed E-state index contributed by atoms with van der Waals surface area (Å²) in [7, 11) is 0. The molecule has 1 aliphatic heterocycles.